The van der Waals surface area contributed by atoms with Crippen LogP contribution in [0.25, 0.3) is 0 Å². The number of ether oxygens (including phenoxy) is 1. The number of hydrogen-bond donors (Lipinski definition) is 1. The Morgan fingerprint density at radius 2 is 2.05 bits per heavy atom. The van der Waals surface area contributed by atoms with Gasteiger partial charge in [0.15, 0.2) is 0 Å². The Labute approximate surface area is 128 Å². The van der Waals surface area contributed by atoms with Gasteiger partial charge in [0, 0.05) is 18.6 Å². The van der Waals surface area contributed by atoms with Crippen molar-refractivity contribution in [1.82, 2.24) is 5.32 Å². The SMILES string of the molecule is CCC1(CC)CC(NCc2ccc(C3CC3C)o2)CCO1. The summed E-state index contributed by atoms with van der Waals surface area (Å²) in [6.45, 7) is 8.49. The Hall–Kier alpha value is -0.800. The molecule has 0 spiro atoms. The Bertz CT molecular complexity index is 464. The minimum Gasteiger partial charge on any atom is -0.464 e. The minimum absolute atomic E-state index is 0.0910. The average Bonchev–Trinajstić information content (AvgIpc) is 3.06. The van der Waals surface area contributed by atoms with Crippen molar-refractivity contribution in [3.8, 4) is 0 Å². The lowest BCUT2D eigenvalue weighted by Gasteiger charge is -2.40. The highest BCUT2D eigenvalue weighted by molar-refractivity contribution is 5.17. The zero-order valence-corrected chi connectivity index (χ0v) is 13.7. The van der Waals surface area contributed by atoms with Crippen LogP contribution in [0.1, 0.15) is 70.3 Å². The van der Waals surface area contributed by atoms with Gasteiger partial charge in [-0.15, -0.1) is 0 Å². The Balaban J connectivity index is 1.51. The van der Waals surface area contributed by atoms with E-state index < -0.39 is 0 Å². The fourth-order valence-electron chi connectivity index (χ4n) is 3.60. The molecule has 21 heavy (non-hydrogen) atoms. The first-order chi connectivity index (χ1) is 10.2. The first-order valence-corrected chi connectivity index (χ1v) is 8.61. The first-order valence-electron chi connectivity index (χ1n) is 8.61. The molecule has 1 aliphatic carbocycles. The van der Waals surface area contributed by atoms with Crippen molar-refractivity contribution >= 4 is 0 Å². The topological polar surface area (TPSA) is 34.4 Å². The number of nitrogens with one attached hydrogen (secondary N) is 1. The maximum atomic E-state index is 6.04. The van der Waals surface area contributed by atoms with Gasteiger partial charge in [-0.25, -0.2) is 0 Å². The van der Waals surface area contributed by atoms with Crippen molar-refractivity contribution in [2.45, 2.75) is 77.0 Å². The van der Waals surface area contributed by atoms with E-state index in [4.69, 9.17) is 9.15 Å². The maximum absolute atomic E-state index is 6.04. The Morgan fingerprint density at radius 1 is 1.29 bits per heavy atom. The minimum atomic E-state index is 0.0910. The van der Waals surface area contributed by atoms with Crippen LogP contribution in [-0.4, -0.2) is 18.2 Å². The molecule has 1 aromatic rings. The van der Waals surface area contributed by atoms with E-state index in [2.05, 4.69) is 38.2 Å². The van der Waals surface area contributed by atoms with Crippen molar-refractivity contribution < 1.29 is 9.15 Å². The second kappa shape index (κ2) is 6.13. The molecule has 3 unspecified atom stereocenters. The maximum Gasteiger partial charge on any atom is 0.117 e. The second-order valence-electron chi connectivity index (χ2n) is 6.93. The molecule has 3 atom stereocenters. The highest BCUT2D eigenvalue weighted by Gasteiger charge is 2.37. The van der Waals surface area contributed by atoms with Crippen LogP contribution in [0.15, 0.2) is 16.5 Å². The summed E-state index contributed by atoms with van der Waals surface area (Å²) in [7, 11) is 0. The molecular weight excluding hydrogens is 262 g/mol. The van der Waals surface area contributed by atoms with Gasteiger partial charge in [0.2, 0.25) is 0 Å². The molecule has 0 aromatic carbocycles. The van der Waals surface area contributed by atoms with Crippen molar-refractivity contribution in [3.63, 3.8) is 0 Å². The lowest BCUT2D eigenvalue weighted by molar-refractivity contribution is -0.0933. The van der Waals surface area contributed by atoms with Gasteiger partial charge < -0.3 is 14.5 Å². The lowest BCUT2D eigenvalue weighted by atomic mass is 9.86. The van der Waals surface area contributed by atoms with Gasteiger partial charge in [-0.05, 0) is 50.2 Å². The summed E-state index contributed by atoms with van der Waals surface area (Å²) in [5, 5.41) is 3.67. The van der Waals surface area contributed by atoms with E-state index in [9.17, 15) is 0 Å². The van der Waals surface area contributed by atoms with E-state index in [-0.39, 0.29) is 5.60 Å². The third-order valence-electron chi connectivity index (χ3n) is 5.50. The van der Waals surface area contributed by atoms with E-state index in [0.717, 1.165) is 50.5 Å². The van der Waals surface area contributed by atoms with Gasteiger partial charge in [0.25, 0.3) is 0 Å². The van der Waals surface area contributed by atoms with Crippen molar-refractivity contribution in [1.29, 1.82) is 0 Å². The zero-order valence-electron chi connectivity index (χ0n) is 13.7. The van der Waals surface area contributed by atoms with Gasteiger partial charge in [-0.3, -0.25) is 0 Å². The Kier molecular flexibility index (Phi) is 4.41. The van der Waals surface area contributed by atoms with Gasteiger partial charge in [-0.2, -0.15) is 0 Å². The van der Waals surface area contributed by atoms with Crippen LogP contribution in [0.2, 0.25) is 0 Å². The molecule has 2 aliphatic rings. The van der Waals surface area contributed by atoms with Gasteiger partial charge >= 0.3 is 0 Å². The standard InChI is InChI=1S/C18H29NO2/c1-4-18(5-2)11-14(8-9-20-18)19-12-15-6-7-17(21-15)16-10-13(16)3/h6-7,13-14,16,19H,4-5,8-12H2,1-3H3. The predicted molar refractivity (Wildman–Crippen MR) is 84.4 cm³/mol. The summed E-state index contributed by atoms with van der Waals surface area (Å²) < 4.78 is 12.0. The summed E-state index contributed by atoms with van der Waals surface area (Å²) in [4.78, 5) is 0. The van der Waals surface area contributed by atoms with E-state index in [1.807, 2.05) is 0 Å². The van der Waals surface area contributed by atoms with E-state index in [1.54, 1.807) is 0 Å². The molecule has 1 aromatic heterocycles. The van der Waals surface area contributed by atoms with Gasteiger partial charge in [0.1, 0.15) is 11.5 Å². The van der Waals surface area contributed by atoms with E-state index >= 15 is 0 Å². The summed E-state index contributed by atoms with van der Waals surface area (Å²) >= 11 is 0. The zero-order chi connectivity index (χ0) is 14.9. The average molecular weight is 291 g/mol. The molecule has 0 amide bonds. The smallest absolute Gasteiger partial charge is 0.117 e. The van der Waals surface area contributed by atoms with Crippen LogP contribution in [-0.2, 0) is 11.3 Å². The predicted octanol–water partition coefficient (Wildman–Crippen LogP) is 4.23. The molecule has 0 bridgehead atoms. The molecule has 1 saturated carbocycles. The van der Waals surface area contributed by atoms with Crippen LogP contribution in [0, 0.1) is 5.92 Å². The number of furan rings is 1. The van der Waals surface area contributed by atoms with Crippen LogP contribution in [0.5, 0.6) is 0 Å². The van der Waals surface area contributed by atoms with Crippen LogP contribution in [0.3, 0.4) is 0 Å². The third-order valence-corrected chi connectivity index (χ3v) is 5.50. The van der Waals surface area contributed by atoms with Crippen LogP contribution in [0.4, 0.5) is 0 Å². The molecule has 1 N–H and O–H groups in total. The van der Waals surface area contributed by atoms with E-state index in [0.29, 0.717) is 12.0 Å². The van der Waals surface area contributed by atoms with Crippen molar-refractivity contribution in [2.24, 2.45) is 5.92 Å². The first kappa shape index (κ1) is 15.1. The van der Waals surface area contributed by atoms with E-state index in [1.165, 1.54) is 12.2 Å². The highest BCUT2D eigenvalue weighted by Crippen LogP contribution is 2.47. The van der Waals surface area contributed by atoms with Gasteiger partial charge in [-0.1, -0.05) is 20.8 Å². The van der Waals surface area contributed by atoms with Gasteiger partial charge in [0.05, 0.1) is 12.1 Å². The molecule has 2 heterocycles. The summed E-state index contributed by atoms with van der Waals surface area (Å²) in [6.07, 6.45) is 5.72. The highest BCUT2D eigenvalue weighted by atomic mass is 16.5. The van der Waals surface area contributed by atoms with Crippen molar-refractivity contribution in [2.75, 3.05) is 6.61 Å². The summed E-state index contributed by atoms with van der Waals surface area (Å²) in [5.41, 5.74) is 0.0910. The van der Waals surface area contributed by atoms with Crippen molar-refractivity contribution in [3.05, 3.63) is 23.7 Å². The summed E-state index contributed by atoms with van der Waals surface area (Å²) in [5.74, 6) is 3.74. The quantitative estimate of drug-likeness (QED) is 0.851. The largest absolute Gasteiger partial charge is 0.464 e. The molecule has 3 rings (SSSR count). The monoisotopic (exact) mass is 291 g/mol. The number of hydrogen-bond acceptors (Lipinski definition) is 3. The van der Waals surface area contributed by atoms with Crippen LogP contribution >= 0.6 is 0 Å². The lowest BCUT2D eigenvalue weighted by Crippen LogP contribution is -2.46. The molecule has 1 saturated heterocycles. The molecule has 0 radical (unpaired) electrons. The fourth-order valence-corrected chi connectivity index (χ4v) is 3.60. The molecule has 3 nitrogen and oxygen atoms in total. The third kappa shape index (κ3) is 3.35. The molecule has 2 fully saturated rings. The fraction of sp³-hybridized carbons (Fsp3) is 0.778. The normalized spacial score (nSPS) is 31.3. The second-order valence-corrected chi connectivity index (χ2v) is 6.93. The Morgan fingerprint density at radius 3 is 2.71 bits per heavy atom. The molecular formula is C18H29NO2. The number of rotatable bonds is 6. The molecule has 118 valence electrons. The molecule has 3 heteroatoms. The molecule has 1 aliphatic heterocycles. The van der Waals surface area contributed by atoms with Crippen LogP contribution < -0.4 is 5.32 Å². The summed E-state index contributed by atoms with van der Waals surface area (Å²) in [6, 6.07) is 4.85.